The Bertz CT molecular complexity index is 361. The summed E-state index contributed by atoms with van der Waals surface area (Å²) in [5.41, 5.74) is 1.02. The van der Waals surface area contributed by atoms with Crippen LogP contribution in [0.25, 0.3) is 0 Å². The molecular formula is C12H16N2O. The summed E-state index contributed by atoms with van der Waals surface area (Å²) < 4.78 is 0. The lowest BCUT2D eigenvalue weighted by molar-refractivity contribution is 0.0795. The van der Waals surface area contributed by atoms with Crippen LogP contribution in [0.2, 0.25) is 0 Å². The van der Waals surface area contributed by atoms with Crippen LogP contribution in [-0.4, -0.2) is 17.3 Å². The molecule has 2 N–H and O–H groups in total. The van der Waals surface area contributed by atoms with Crippen LogP contribution in [0.1, 0.15) is 25.0 Å². The van der Waals surface area contributed by atoms with Gasteiger partial charge in [0.05, 0.1) is 17.2 Å². The Hall–Kier alpha value is -1.37. The van der Waals surface area contributed by atoms with Crippen LogP contribution in [0.5, 0.6) is 0 Å². The number of hydrogen-bond donors (Lipinski definition) is 2. The standard InChI is InChI=1S/C12H16N2O/c1-12(2,15)9-14-8-11-5-3-4-10(6-11)7-13/h3-6,14-15H,8-9H2,1-2H3. The molecule has 0 saturated heterocycles. The predicted molar refractivity (Wildman–Crippen MR) is 59.2 cm³/mol. The first-order valence-electron chi connectivity index (χ1n) is 4.93. The Morgan fingerprint density at radius 1 is 1.47 bits per heavy atom. The predicted octanol–water partition coefficient (Wildman–Crippen LogP) is 1.42. The highest BCUT2D eigenvalue weighted by atomic mass is 16.3. The molecule has 0 saturated carbocycles. The molecule has 80 valence electrons. The number of nitrogens with zero attached hydrogens (tertiary/aromatic N) is 1. The second kappa shape index (κ2) is 4.92. The van der Waals surface area contributed by atoms with E-state index in [0.29, 0.717) is 18.7 Å². The van der Waals surface area contributed by atoms with E-state index in [-0.39, 0.29) is 0 Å². The van der Waals surface area contributed by atoms with Crippen molar-refractivity contribution in [1.29, 1.82) is 5.26 Å². The summed E-state index contributed by atoms with van der Waals surface area (Å²) in [7, 11) is 0. The highest BCUT2D eigenvalue weighted by Gasteiger charge is 2.10. The number of hydrogen-bond acceptors (Lipinski definition) is 3. The van der Waals surface area contributed by atoms with Gasteiger partial charge < -0.3 is 10.4 Å². The zero-order chi connectivity index (χ0) is 11.3. The molecule has 0 aliphatic rings. The molecule has 0 amide bonds. The molecule has 0 aliphatic carbocycles. The van der Waals surface area contributed by atoms with Crippen molar-refractivity contribution in [2.45, 2.75) is 26.0 Å². The molecular weight excluding hydrogens is 188 g/mol. The van der Waals surface area contributed by atoms with E-state index in [1.165, 1.54) is 0 Å². The molecule has 0 fully saturated rings. The van der Waals surface area contributed by atoms with Gasteiger partial charge in [-0.15, -0.1) is 0 Å². The summed E-state index contributed by atoms with van der Waals surface area (Å²) in [5.74, 6) is 0. The van der Waals surface area contributed by atoms with Crippen LogP contribution in [0.15, 0.2) is 24.3 Å². The summed E-state index contributed by atoms with van der Waals surface area (Å²) in [6.07, 6.45) is 0. The van der Waals surface area contributed by atoms with E-state index in [9.17, 15) is 5.11 Å². The minimum absolute atomic E-state index is 0.532. The average Bonchev–Trinajstić information content (AvgIpc) is 2.16. The topological polar surface area (TPSA) is 56.0 Å². The third kappa shape index (κ3) is 4.59. The normalized spacial score (nSPS) is 11.1. The van der Waals surface area contributed by atoms with Gasteiger partial charge >= 0.3 is 0 Å². The zero-order valence-corrected chi connectivity index (χ0v) is 9.12. The maximum absolute atomic E-state index is 9.48. The fraction of sp³-hybridized carbons (Fsp3) is 0.417. The molecule has 0 heterocycles. The monoisotopic (exact) mass is 204 g/mol. The number of benzene rings is 1. The number of nitrogens with one attached hydrogen (secondary N) is 1. The SMILES string of the molecule is CC(C)(O)CNCc1cccc(C#N)c1. The number of aliphatic hydroxyl groups is 1. The van der Waals surface area contributed by atoms with Crippen molar-refractivity contribution < 1.29 is 5.11 Å². The maximum atomic E-state index is 9.48. The molecule has 0 atom stereocenters. The van der Waals surface area contributed by atoms with Gasteiger partial charge in [0, 0.05) is 13.1 Å². The van der Waals surface area contributed by atoms with Gasteiger partial charge in [-0.25, -0.2) is 0 Å². The molecule has 0 aliphatic heterocycles. The summed E-state index contributed by atoms with van der Waals surface area (Å²) >= 11 is 0. The van der Waals surface area contributed by atoms with Gasteiger partial charge in [0.15, 0.2) is 0 Å². The second-order valence-corrected chi connectivity index (χ2v) is 4.23. The molecule has 0 unspecified atom stereocenters. The van der Waals surface area contributed by atoms with Crippen molar-refractivity contribution >= 4 is 0 Å². The van der Waals surface area contributed by atoms with E-state index in [1.54, 1.807) is 19.9 Å². The van der Waals surface area contributed by atoms with E-state index in [4.69, 9.17) is 5.26 Å². The first-order valence-corrected chi connectivity index (χ1v) is 4.93. The lowest BCUT2D eigenvalue weighted by Crippen LogP contribution is -2.34. The summed E-state index contributed by atoms with van der Waals surface area (Å²) in [5, 5.41) is 21.3. The van der Waals surface area contributed by atoms with Crippen molar-refractivity contribution in [1.82, 2.24) is 5.32 Å². The molecule has 0 spiro atoms. The first-order chi connectivity index (χ1) is 7.01. The smallest absolute Gasteiger partial charge is 0.0991 e. The number of nitriles is 1. The van der Waals surface area contributed by atoms with Crippen molar-refractivity contribution in [2.24, 2.45) is 0 Å². The Morgan fingerprint density at radius 2 is 2.20 bits per heavy atom. The van der Waals surface area contributed by atoms with E-state index in [0.717, 1.165) is 5.56 Å². The van der Waals surface area contributed by atoms with E-state index in [1.807, 2.05) is 18.2 Å². The van der Waals surface area contributed by atoms with Gasteiger partial charge in [-0.2, -0.15) is 5.26 Å². The Balaban J connectivity index is 2.48. The van der Waals surface area contributed by atoms with Gasteiger partial charge in [0.2, 0.25) is 0 Å². The number of rotatable bonds is 4. The van der Waals surface area contributed by atoms with Crippen molar-refractivity contribution in [3.8, 4) is 6.07 Å². The fourth-order valence-electron chi connectivity index (χ4n) is 1.26. The molecule has 1 aromatic carbocycles. The van der Waals surface area contributed by atoms with E-state index < -0.39 is 5.60 Å². The van der Waals surface area contributed by atoms with Crippen LogP contribution >= 0.6 is 0 Å². The molecule has 1 aromatic rings. The third-order valence-electron chi connectivity index (χ3n) is 1.94. The highest BCUT2D eigenvalue weighted by molar-refractivity contribution is 5.32. The fourth-order valence-corrected chi connectivity index (χ4v) is 1.26. The Morgan fingerprint density at radius 3 is 2.80 bits per heavy atom. The van der Waals surface area contributed by atoms with Crippen molar-refractivity contribution in [3.05, 3.63) is 35.4 Å². The molecule has 0 bridgehead atoms. The summed E-state index contributed by atoms with van der Waals surface area (Å²) in [6, 6.07) is 9.54. The van der Waals surface area contributed by atoms with Crippen LogP contribution in [0.3, 0.4) is 0 Å². The van der Waals surface area contributed by atoms with Crippen molar-refractivity contribution in [3.63, 3.8) is 0 Å². The van der Waals surface area contributed by atoms with Gasteiger partial charge in [0.1, 0.15) is 0 Å². The summed E-state index contributed by atoms with van der Waals surface area (Å²) in [4.78, 5) is 0. The van der Waals surface area contributed by atoms with Crippen LogP contribution in [0.4, 0.5) is 0 Å². The summed E-state index contributed by atoms with van der Waals surface area (Å²) in [6.45, 7) is 4.71. The average molecular weight is 204 g/mol. The second-order valence-electron chi connectivity index (χ2n) is 4.23. The quantitative estimate of drug-likeness (QED) is 0.779. The highest BCUT2D eigenvalue weighted by Crippen LogP contribution is 2.04. The van der Waals surface area contributed by atoms with Crippen LogP contribution < -0.4 is 5.32 Å². The molecule has 1 rings (SSSR count). The molecule has 0 aromatic heterocycles. The van der Waals surface area contributed by atoms with Crippen LogP contribution in [0, 0.1) is 11.3 Å². The Kier molecular flexibility index (Phi) is 3.84. The van der Waals surface area contributed by atoms with Crippen molar-refractivity contribution in [2.75, 3.05) is 6.54 Å². The van der Waals surface area contributed by atoms with E-state index in [2.05, 4.69) is 11.4 Å². The van der Waals surface area contributed by atoms with Crippen LogP contribution in [-0.2, 0) is 6.54 Å². The van der Waals surface area contributed by atoms with E-state index >= 15 is 0 Å². The lowest BCUT2D eigenvalue weighted by Gasteiger charge is -2.17. The maximum Gasteiger partial charge on any atom is 0.0991 e. The van der Waals surface area contributed by atoms with Gasteiger partial charge in [-0.1, -0.05) is 12.1 Å². The molecule has 15 heavy (non-hydrogen) atoms. The molecule has 3 heteroatoms. The lowest BCUT2D eigenvalue weighted by atomic mass is 10.1. The van der Waals surface area contributed by atoms with Gasteiger partial charge in [0.25, 0.3) is 0 Å². The minimum Gasteiger partial charge on any atom is -0.389 e. The van der Waals surface area contributed by atoms with Gasteiger partial charge in [-0.3, -0.25) is 0 Å². The zero-order valence-electron chi connectivity index (χ0n) is 9.12. The largest absolute Gasteiger partial charge is 0.389 e. The molecule has 3 nitrogen and oxygen atoms in total. The molecule has 0 radical (unpaired) electrons. The first kappa shape index (κ1) is 11.7. The third-order valence-corrected chi connectivity index (χ3v) is 1.94. The minimum atomic E-state index is -0.702. The Labute approximate surface area is 90.4 Å². The van der Waals surface area contributed by atoms with Gasteiger partial charge in [-0.05, 0) is 31.5 Å².